The Hall–Kier alpha value is -2.96. The first kappa shape index (κ1) is 21.3. The fraction of sp³-hybridized carbons (Fsp3) is 0.240. The molecular weight excluding hydrogens is 408 g/mol. The van der Waals surface area contributed by atoms with Gasteiger partial charge in [-0.25, -0.2) is 8.42 Å². The normalized spacial score (nSPS) is 15.0. The molecule has 6 heteroatoms. The highest BCUT2D eigenvalue weighted by Crippen LogP contribution is 2.24. The molecule has 0 saturated carbocycles. The molecule has 1 aliphatic rings. The molecule has 3 aromatic carbocycles. The van der Waals surface area contributed by atoms with Crippen molar-refractivity contribution in [1.29, 1.82) is 0 Å². The van der Waals surface area contributed by atoms with E-state index < -0.39 is 10.0 Å². The van der Waals surface area contributed by atoms with Gasteiger partial charge in [0.15, 0.2) is 0 Å². The highest BCUT2D eigenvalue weighted by atomic mass is 32.2. The molecule has 0 spiro atoms. The zero-order chi connectivity index (χ0) is 21.7. The first-order chi connectivity index (χ1) is 15.1. The van der Waals surface area contributed by atoms with Gasteiger partial charge in [0, 0.05) is 18.7 Å². The van der Waals surface area contributed by atoms with E-state index in [1.165, 1.54) is 16.4 Å². The van der Waals surface area contributed by atoms with Gasteiger partial charge >= 0.3 is 0 Å². The minimum atomic E-state index is -3.51. The van der Waals surface area contributed by atoms with Crippen LogP contribution < -0.4 is 5.32 Å². The van der Waals surface area contributed by atoms with Gasteiger partial charge in [0.2, 0.25) is 10.0 Å². The molecule has 3 aromatic rings. The fourth-order valence-electron chi connectivity index (χ4n) is 3.90. The largest absolute Gasteiger partial charge is 0.341 e. The predicted octanol–water partition coefficient (Wildman–Crippen LogP) is 4.38. The summed E-state index contributed by atoms with van der Waals surface area (Å²) in [4.78, 5) is 13.2. The third-order valence-electron chi connectivity index (χ3n) is 5.61. The number of sulfonamides is 1. The van der Waals surface area contributed by atoms with E-state index >= 15 is 0 Å². The van der Waals surface area contributed by atoms with Crippen LogP contribution in [0.5, 0.6) is 0 Å². The summed E-state index contributed by atoms with van der Waals surface area (Å²) in [6, 6.07) is 25.5. The van der Waals surface area contributed by atoms with Crippen LogP contribution >= 0.6 is 0 Å². The Morgan fingerprint density at radius 2 is 1.26 bits per heavy atom. The van der Waals surface area contributed by atoms with Crippen molar-refractivity contribution in [2.45, 2.75) is 30.2 Å². The van der Waals surface area contributed by atoms with Crippen molar-refractivity contribution < 1.29 is 13.2 Å². The van der Waals surface area contributed by atoms with Gasteiger partial charge in [-0.3, -0.25) is 4.79 Å². The Morgan fingerprint density at radius 3 is 1.77 bits per heavy atom. The Balaban J connectivity index is 1.54. The summed E-state index contributed by atoms with van der Waals surface area (Å²) in [5.74, 6) is -0.250. The minimum absolute atomic E-state index is 0.230. The van der Waals surface area contributed by atoms with Crippen LogP contribution in [0.1, 0.15) is 46.8 Å². The number of carbonyl (C=O) groups excluding carboxylic acids is 1. The number of nitrogens with one attached hydrogen (secondary N) is 1. The van der Waals surface area contributed by atoms with Crippen molar-refractivity contribution in [2.24, 2.45) is 0 Å². The van der Waals surface area contributed by atoms with Crippen LogP contribution in [0.3, 0.4) is 0 Å². The minimum Gasteiger partial charge on any atom is -0.341 e. The van der Waals surface area contributed by atoms with E-state index in [1.54, 1.807) is 12.1 Å². The van der Waals surface area contributed by atoms with Crippen LogP contribution in [0, 0.1) is 0 Å². The number of piperidine rings is 1. The van der Waals surface area contributed by atoms with E-state index in [2.05, 4.69) is 5.32 Å². The number of amides is 1. The molecule has 31 heavy (non-hydrogen) atoms. The van der Waals surface area contributed by atoms with Gasteiger partial charge < -0.3 is 5.32 Å². The number of carbonyl (C=O) groups is 1. The molecule has 5 nitrogen and oxygen atoms in total. The first-order valence-electron chi connectivity index (χ1n) is 10.6. The van der Waals surface area contributed by atoms with E-state index in [0.29, 0.717) is 18.7 Å². The SMILES string of the molecule is O=C(NC(c1ccccc1)c1ccccc1)c1ccc(S(=O)(=O)N2CCCCC2)cc1. The molecule has 0 unspecified atom stereocenters. The first-order valence-corrected chi connectivity index (χ1v) is 12.0. The Bertz CT molecular complexity index is 1070. The third-order valence-corrected chi connectivity index (χ3v) is 7.52. The van der Waals surface area contributed by atoms with Gasteiger partial charge in [-0.15, -0.1) is 0 Å². The average molecular weight is 435 g/mol. The summed E-state index contributed by atoms with van der Waals surface area (Å²) in [6.07, 6.45) is 2.84. The lowest BCUT2D eigenvalue weighted by Crippen LogP contribution is -2.35. The molecule has 0 atom stereocenters. The molecule has 1 saturated heterocycles. The molecule has 1 N–H and O–H groups in total. The number of benzene rings is 3. The van der Waals surface area contributed by atoms with Gasteiger partial charge in [-0.1, -0.05) is 67.1 Å². The summed E-state index contributed by atoms with van der Waals surface area (Å²) in [5, 5.41) is 3.09. The molecule has 1 aliphatic heterocycles. The Morgan fingerprint density at radius 1 is 0.742 bits per heavy atom. The molecular formula is C25H26N2O3S. The number of nitrogens with zero attached hydrogens (tertiary/aromatic N) is 1. The van der Waals surface area contributed by atoms with Crippen molar-refractivity contribution in [2.75, 3.05) is 13.1 Å². The maximum atomic E-state index is 13.0. The van der Waals surface area contributed by atoms with E-state index in [0.717, 1.165) is 30.4 Å². The topological polar surface area (TPSA) is 66.5 Å². The Kier molecular flexibility index (Phi) is 6.49. The summed E-state index contributed by atoms with van der Waals surface area (Å²) in [6.45, 7) is 1.11. The number of hydrogen-bond acceptors (Lipinski definition) is 3. The van der Waals surface area contributed by atoms with Crippen LogP contribution in [0.15, 0.2) is 89.8 Å². The summed E-state index contributed by atoms with van der Waals surface area (Å²) >= 11 is 0. The number of rotatable bonds is 6. The molecule has 160 valence electrons. The van der Waals surface area contributed by atoms with Crippen molar-refractivity contribution in [3.8, 4) is 0 Å². The van der Waals surface area contributed by atoms with Crippen LogP contribution in [0.4, 0.5) is 0 Å². The maximum absolute atomic E-state index is 13.0. The lowest BCUT2D eigenvalue weighted by Gasteiger charge is -2.26. The number of hydrogen-bond donors (Lipinski definition) is 1. The quantitative estimate of drug-likeness (QED) is 0.626. The van der Waals surface area contributed by atoms with E-state index in [1.807, 2.05) is 60.7 Å². The molecule has 1 amide bonds. The fourth-order valence-corrected chi connectivity index (χ4v) is 5.41. The highest BCUT2D eigenvalue weighted by molar-refractivity contribution is 7.89. The van der Waals surface area contributed by atoms with Gasteiger partial charge in [0.25, 0.3) is 5.91 Å². The van der Waals surface area contributed by atoms with Crippen LogP contribution in [-0.2, 0) is 10.0 Å². The van der Waals surface area contributed by atoms with E-state index in [-0.39, 0.29) is 16.8 Å². The third kappa shape index (κ3) is 4.86. The van der Waals surface area contributed by atoms with Crippen molar-refractivity contribution >= 4 is 15.9 Å². The lowest BCUT2D eigenvalue weighted by molar-refractivity contribution is 0.0943. The van der Waals surface area contributed by atoms with Gasteiger partial charge in [0.05, 0.1) is 10.9 Å². The highest BCUT2D eigenvalue weighted by Gasteiger charge is 2.26. The van der Waals surface area contributed by atoms with Crippen LogP contribution in [0.25, 0.3) is 0 Å². The summed E-state index contributed by atoms with van der Waals surface area (Å²) < 4.78 is 27.2. The van der Waals surface area contributed by atoms with E-state index in [9.17, 15) is 13.2 Å². The molecule has 4 rings (SSSR count). The lowest BCUT2D eigenvalue weighted by atomic mass is 9.98. The molecule has 1 heterocycles. The van der Waals surface area contributed by atoms with E-state index in [4.69, 9.17) is 0 Å². The molecule has 0 radical (unpaired) electrons. The smallest absolute Gasteiger partial charge is 0.252 e. The molecule has 0 aliphatic carbocycles. The molecule has 1 fully saturated rings. The van der Waals surface area contributed by atoms with Gasteiger partial charge in [-0.05, 0) is 48.2 Å². The second-order valence-electron chi connectivity index (χ2n) is 7.72. The van der Waals surface area contributed by atoms with Crippen molar-refractivity contribution in [3.05, 3.63) is 102 Å². The Labute approximate surface area is 183 Å². The average Bonchev–Trinajstić information content (AvgIpc) is 2.84. The standard InChI is InChI=1S/C25H26N2O3S/c28-25(26-24(20-10-4-1-5-11-20)21-12-6-2-7-13-21)22-14-16-23(17-15-22)31(29,30)27-18-8-3-9-19-27/h1-2,4-7,10-17,24H,3,8-9,18-19H2,(H,26,28). The second kappa shape index (κ2) is 9.45. The molecule has 0 aromatic heterocycles. The second-order valence-corrected chi connectivity index (χ2v) is 9.65. The summed E-state index contributed by atoms with van der Waals surface area (Å²) in [7, 11) is -3.51. The zero-order valence-corrected chi connectivity index (χ0v) is 18.1. The maximum Gasteiger partial charge on any atom is 0.252 e. The monoisotopic (exact) mass is 434 g/mol. The van der Waals surface area contributed by atoms with Crippen molar-refractivity contribution in [3.63, 3.8) is 0 Å². The van der Waals surface area contributed by atoms with Gasteiger partial charge in [-0.2, -0.15) is 4.31 Å². The zero-order valence-electron chi connectivity index (χ0n) is 17.3. The van der Waals surface area contributed by atoms with Crippen LogP contribution in [-0.4, -0.2) is 31.7 Å². The summed E-state index contributed by atoms with van der Waals surface area (Å²) in [5.41, 5.74) is 2.38. The predicted molar refractivity (Wildman–Crippen MR) is 121 cm³/mol. The van der Waals surface area contributed by atoms with Gasteiger partial charge in [0.1, 0.15) is 0 Å². The van der Waals surface area contributed by atoms with Crippen molar-refractivity contribution in [1.82, 2.24) is 9.62 Å². The van der Waals surface area contributed by atoms with Crippen LogP contribution in [0.2, 0.25) is 0 Å². The molecule has 0 bridgehead atoms.